The first-order valence-corrected chi connectivity index (χ1v) is 6.42. The van der Waals surface area contributed by atoms with E-state index in [9.17, 15) is 9.59 Å². The summed E-state index contributed by atoms with van der Waals surface area (Å²) in [4.78, 5) is 28.8. The van der Waals surface area contributed by atoms with Gasteiger partial charge in [0.1, 0.15) is 4.60 Å². The van der Waals surface area contributed by atoms with Gasteiger partial charge in [-0.1, -0.05) is 6.92 Å². The highest BCUT2D eigenvalue weighted by Crippen LogP contribution is 2.26. The summed E-state index contributed by atoms with van der Waals surface area (Å²) in [6.45, 7) is 2.58. The zero-order valence-electron chi connectivity index (χ0n) is 9.84. The number of aliphatic carboxylic acids is 1. The predicted molar refractivity (Wildman–Crippen MR) is 68.1 cm³/mol. The number of aromatic nitrogens is 1. The summed E-state index contributed by atoms with van der Waals surface area (Å²) in [5.41, 5.74) is 0.468. The van der Waals surface area contributed by atoms with Crippen LogP contribution in [0.5, 0.6) is 0 Å². The Morgan fingerprint density at radius 1 is 1.50 bits per heavy atom. The van der Waals surface area contributed by atoms with Crippen LogP contribution in [0.15, 0.2) is 22.9 Å². The maximum Gasteiger partial charge on any atom is 0.308 e. The zero-order chi connectivity index (χ0) is 13.3. The summed E-state index contributed by atoms with van der Waals surface area (Å²) >= 11 is 3.23. The molecule has 0 unspecified atom stereocenters. The fraction of sp³-hybridized carbons (Fsp3) is 0.417. The molecule has 1 aliphatic rings. The lowest BCUT2D eigenvalue weighted by molar-refractivity contribution is -0.142. The number of rotatable bonds is 2. The van der Waals surface area contributed by atoms with Gasteiger partial charge in [0.05, 0.1) is 11.5 Å². The average molecular weight is 313 g/mol. The molecule has 0 saturated carbocycles. The Kier molecular flexibility index (Phi) is 3.65. The summed E-state index contributed by atoms with van der Waals surface area (Å²) in [6, 6.07) is 3.37. The number of carboxylic acid groups (broad SMARTS) is 1. The highest BCUT2D eigenvalue weighted by atomic mass is 79.9. The molecule has 2 heterocycles. The first-order valence-electron chi connectivity index (χ1n) is 5.63. The van der Waals surface area contributed by atoms with Crippen LogP contribution in [0.2, 0.25) is 0 Å². The molecule has 2 rings (SSSR count). The van der Waals surface area contributed by atoms with E-state index in [1.807, 2.05) is 6.92 Å². The van der Waals surface area contributed by atoms with Crippen molar-refractivity contribution in [1.82, 2.24) is 9.88 Å². The number of nitrogens with zero attached hydrogens (tertiary/aromatic N) is 2. The van der Waals surface area contributed by atoms with Crippen molar-refractivity contribution < 1.29 is 14.7 Å². The van der Waals surface area contributed by atoms with Gasteiger partial charge in [0.25, 0.3) is 5.91 Å². The Morgan fingerprint density at radius 2 is 2.22 bits per heavy atom. The summed E-state index contributed by atoms with van der Waals surface area (Å²) in [6.07, 6.45) is 1.59. The van der Waals surface area contributed by atoms with Gasteiger partial charge in [-0.15, -0.1) is 0 Å². The van der Waals surface area contributed by atoms with Crippen molar-refractivity contribution in [3.8, 4) is 0 Å². The average Bonchev–Trinajstić information content (AvgIpc) is 2.71. The van der Waals surface area contributed by atoms with Gasteiger partial charge < -0.3 is 10.0 Å². The van der Waals surface area contributed by atoms with Crippen molar-refractivity contribution in [2.45, 2.75) is 6.92 Å². The smallest absolute Gasteiger partial charge is 0.308 e. The van der Waals surface area contributed by atoms with Crippen molar-refractivity contribution in [3.05, 3.63) is 28.5 Å². The van der Waals surface area contributed by atoms with Crippen LogP contribution in [0.25, 0.3) is 0 Å². The van der Waals surface area contributed by atoms with Crippen LogP contribution in [-0.2, 0) is 4.79 Å². The second-order valence-electron chi connectivity index (χ2n) is 4.47. The molecule has 5 nitrogen and oxygen atoms in total. The lowest BCUT2D eigenvalue weighted by Crippen LogP contribution is -2.30. The number of hydrogen-bond acceptors (Lipinski definition) is 3. The van der Waals surface area contributed by atoms with Crippen molar-refractivity contribution in [3.63, 3.8) is 0 Å². The molecule has 0 aromatic carbocycles. The number of carboxylic acids is 1. The van der Waals surface area contributed by atoms with Gasteiger partial charge in [-0.2, -0.15) is 0 Å². The van der Waals surface area contributed by atoms with Crippen molar-refractivity contribution >= 4 is 27.8 Å². The van der Waals surface area contributed by atoms with Crippen LogP contribution < -0.4 is 0 Å². The minimum Gasteiger partial charge on any atom is -0.481 e. The quantitative estimate of drug-likeness (QED) is 0.843. The number of carbonyl (C=O) groups is 2. The molecular weight excluding hydrogens is 300 g/mol. The van der Waals surface area contributed by atoms with E-state index >= 15 is 0 Å². The highest BCUT2D eigenvalue weighted by Gasteiger charge is 2.37. The summed E-state index contributed by atoms with van der Waals surface area (Å²) < 4.78 is 0.487. The lowest BCUT2D eigenvalue weighted by Gasteiger charge is -2.16. The van der Waals surface area contributed by atoms with E-state index in [0.29, 0.717) is 16.7 Å². The second kappa shape index (κ2) is 5.06. The van der Waals surface area contributed by atoms with Gasteiger partial charge in [0.2, 0.25) is 0 Å². The Balaban J connectivity index is 2.17. The molecule has 1 aromatic heterocycles. The van der Waals surface area contributed by atoms with Crippen LogP contribution in [0.1, 0.15) is 17.3 Å². The molecule has 0 spiro atoms. The van der Waals surface area contributed by atoms with Crippen LogP contribution in [0, 0.1) is 11.8 Å². The molecule has 1 saturated heterocycles. The zero-order valence-corrected chi connectivity index (χ0v) is 11.4. The molecule has 96 valence electrons. The van der Waals surface area contributed by atoms with E-state index in [-0.39, 0.29) is 18.4 Å². The van der Waals surface area contributed by atoms with Gasteiger partial charge >= 0.3 is 5.97 Å². The Labute approximate surface area is 113 Å². The standard InChI is InChI=1S/C12H13BrN2O3/c1-7-5-15(6-9(7)12(17)18)11(16)8-3-2-4-14-10(8)13/h2-4,7,9H,5-6H2,1H3,(H,17,18)/t7-,9-/m1/s1. The van der Waals surface area contributed by atoms with E-state index < -0.39 is 11.9 Å². The minimum absolute atomic E-state index is 0.0260. The molecular formula is C12H13BrN2O3. The largest absolute Gasteiger partial charge is 0.481 e. The monoisotopic (exact) mass is 312 g/mol. The van der Waals surface area contributed by atoms with Crippen LogP contribution in [0.3, 0.4) is 0 Å². The predicted octanol–water partition coefficient (Wildman–Crippen LogP) is 1.64. The number of pyridine rings is 1. The Bertz CT molecular complexity index is 492. The maximum absolute atomic E-state index is 12.2. The van der Waals surface area contributed by atoms with Gasteiger partial charge in [0, 0.05) is 19.3 Å². The highest BCUT2D eigenvalue weighted by molar-refractivity contribution is 9.10. The molecule has 1 aromatic rings. The number of amides is 1. The number of carbonyl (C=O) groups excluding carboxylic acids is 1. The van der Waals surface area contributed by atoms with E-state index in [4.69, 9.17) is 5.11 Å². The SMILES string of the molecule is C[C@@H]1CN(C(=O)c2cccnc2Br)C[C@H]1C(=O)O. The molecule has 18 heavy (non-hydrogen) atoms. The van der Waals surface area contributed by atoms with E-state index in [1.54, 1.807) is 23.2 Å². The van der Waals surface area contributed by atoms with Crippen LogP contribution >= 0.6 is 15.9 Å². The minimum atomic E-state index is -0.844. The molecule has 6 heteroatoms. The molecule has 0 aliphatic carbocycles. The third-order valence-electron chi connectivity index (χ3n) is 3.21. The summed E-state index contributed by atoms with van der Waals surface area (Å²) in [5, 5.41) is 9.05. The lowest BCUT2D eigenvalue weighted by atomic mass is 9.99. The summed E-state index contributed by atoms with van der Waals surface area (Å²) in [7, 11) is 0. The van der Waals surface area contributed by atoms with Crippen molar-refractivity contribution in [2.75, 3.05) is 13.1 Å². The Morgan fingerprint density at radius 3 is 2.78 bits per heavy atom. The maximum atomic E-state index is 12.2. The molecule has 1 aliphatic heterocycles. The van der Waals surface area contributed by atoms with Gasteiger partial charge in [0.15, 0.2) is 0 Å². The van der Waals surface area contributed by atoms with Gasteiger partial charge in [-0.05, 0) is 34.0 Å². The van der Waals surface area contributed by atoms with Crippen molar-refractivity contribution in [2.24, 2.45) is 11.8 Å². The fourth-order valence-electron chi connectivity index (χ4n) is 2.17. The number of likely N-dealkylation sites (tertiary alicyclic amines) is 1. The normalized spacial score (nSPS) is 23.1. The third-order valence-corrected chi connectivity index (χ3v) is 3.84. The molecule has 1 amide bonds. The van der Waals surface area contributed by atoms with Crippen molar-refractivity contribution in [1.29, 1.82) is 0 Å². The Hall–Kier alpha value is -1.43. The number of halogens is 1. The van der Waals surface area contributed by atoms with Crippen LogP contribution in [0.4, 0.5) is 0 Å². The van der Waals surface area contributed by atoms with E-state index in [2.05, 4.69) is 20.9 Å². The first kappa shape index (κ1) is 13.0. The van der Waals surface area contributed by atoms with E-state index in [0.717, 1.165) is 0 Å². The van der Waals surface area contributed by atoms with Gasteiger partial charge in [-0.3, -0.25) is 9.59 Å². The van der Waals surface area contributed by atoms with E-state index in [1.165, 1.54) is 0 Å². The molecule has 2 atom stereocenters. The summed E-state index contributed by atoms with van der Waals surface area (Å²) in [5.74, 6) is -1.53. The molecule has 0 bridgehead atoms. The van der Waals surface area contributed by atoms with Gasteiger partial charge in [-0.25, -0.2) is 4.98 Å². The molecule has 1 N–H and O–H groups in total. The topological polar surface area (TPSA) is 70.5 Å². The van der Waals surface area contributed by atoms with Crippen LogP contribution in [-0.4, -0.2) is 40.0 Å². The second-order valence-corrected chi connectivity index (χ2v) is 5.23. The first-order chi connectivity index (χ1) is 8.50. The number of hydrogen-bond donors (Lipinski definition) is 1. The third kappa shape index (κ3) is 2.38. The fourth-order valence-corrected chi connectivity index (χ4v) is 2.59. The molecule has 1 fully saturated rings. The molecule has 0 radical (unpaired) electrons.